The van der Waals surface area contributed by atoms with Crippen LogP contribution in [0.5, 0.6) is 0 Å². The minimum absolute atomic E-state index is 0.503. The number of likely N-dealkylation sites (tertiary alicyclic amines) is 1. The maximum Gasteiger partial charge on any atom is 0.310 e. The predicted octanol–water partition coefficient (Wildman–Crippen LogP) is 3.08. The number of carboxylic acids is 1. The smallest absolute Gasteiger partial charge is 0.310 e. The summed E-state index contributed by atoms with van der Waals surface area (Å²) in [7, 11) is 0. The van der Waals surface area contributed by atoms with E-state index in [0.29, 0.717) is 29.6 Å². The molecule has 0 saturated carbocycles. The highest BCUT2D eigenvalue weighted by Gasteiger charge is 2.37. The molecule has 1 aromatic heterocycles. The van der Waals surface area contributed by atoms with Crippen LogP contribution in [0.1, 0.15) is 25.5 Å². The first-order valence-corrected chi connectivity index (χ1v) is 6.92. The van der Waals surface area contributed by atoms with Crippen molar-refractivity contribution in [1.29, 1.82) is 0 Å². The molecule has 0 spiro atoms. The summed E-state index contributed by atoms with van der Waals surface area (Å²) in [5, 5.41) is 10.3. The minimum atomic E-state index is -0.743. The van der Waals surface area contributed by atoms with Crippen LogP contribution in [0.15, 0.2) is 12.3 Å². The quantitative estimate of drug-likeness (QED) is 0.932. The van der Waals surface area contributed by atoms with Gasteiger partial charge in [-0.3, -0.25) is 14.7 Å². The van der Waals surface area contributed by atoms with Crippen LogP contribution in [-0.4, -0.2) is 34.0 Å². The molecule has 6 heteroatoms. The van der Waals surface area contributed by atoms with E-state index in [1.54, 1.807) is 19.2 Å². The van der Waals surface area contributed by atoms with Gasteiger partial charge in [-0.15, -0.1) is 0 Å². The summed E-state index contributed by atoms with van der Waals surface area (Å²) >= 11 is 11.9. The Balaban J connectivity index is 2.09. The van der Waals surface area contributed by atoms with E-state index in [-0.39, 0.29) is 0 Å². The van der Waals surface area contributed by atoms with Crippen LogP contribution in [-0.2, 0) is 11.3 Å². The Kier molecular flexibility index (Phi) is 4.33. The van der Waals surface area contributed by atoms with Gasteiger partial charge >= 0.3 is 5.97 Å². The third-order valence-corrected chi connectivity index (χ3v) is 4.08. The van der Waals surface area contributed by atoms with Crippen LogP contribution >= 0.6 is 23.2 Å². The highest BCUT2D eigenvalue weighted by Crippen LogP contribution is 2.31. The number of pyridine rings is 1. The monoisotopic (exact) mass is 302 g/mol. The van der Waals surface area contributed by atoms with E-state index in [1.807, 2.05) is 0 Å². The number of aromatic nitrogens is 1. The summed E-state index contributed by atoms with van der Waals surface area (Å²) in [4.78, 5) is 17.6. The normalized spacial score (nSPS) is 24.4. The molecule has 0 bridgehead atoms. The molecule has 1 aromatic rings. The fraction of sp³-hybridized carbons (Fsp3) is 0.538. The van der Waals surface area contributed by atoms with E-state index in [9.17, 15) is 9.90 Å². The molecule has 2 heterocycles. The van der Waals surface area contributed by atoms with Gasteiger partial charge in [0.25, 0.3) is 0 Å². The minimum Gasteiger partial charge on any atom is -0.481 e. The van der Waals surface area contributed by atoms with Gasteiger partial charge in [0.2, 0.25) is 0 Å². The first kappa shape index (κ1) is 14.6. The number of hydrogen-bond donors (Lipinski definition) is 1. The first-order chi connectivity index (χ1) is 8.90. The summed E-state index contributed by atoms with van der Waals surface area (Å²) in [6, 6.07) is 1.66. The fourth-order valence-corrected chi connectivity index (χ4v) is 2.86. The van der Waals surface area contributed by atoms with Crippen molar-refractivity contribution in [3.05, 3.63) is 28.0 Å². The zero-order valence-corrected chi connectivity index (χ0v) is 12.2. The number of carboxylic acid groups (broad SMARTS) is 1. The Bertz CT molecular complexity index is 496. The van der Waals surface area contributed by atoms with Crippen LogP contribution < -0.4 is 0 Å². The zero-order chi connectivity index (χ0) is 14.0. The molecule has 1 atom stereocenters. The molecule has 2 rings (SSSR count). The average molecular weight is 303 g/mol. The number of piperidine rings is 1. The second kappa shape index (κ2) is 5.65. The van der Waals surface area contributed by atoms with Crippen molar-refractivity contribution in [2.45, 2.75) is 26.3 Å². The number of halogens is 2. The van der Waals surface area contributed by atoms with E-state index < -0.39 is 11.4 Å². The van der Waals surface area contributed by atoms with Crippen molar-refractivity contribution >= 4 is 29.2 Å². The Hall–Kier alpha value is -0.840. The lowest BCUT2D eigenvalue weighted by molar-refractivity contribution is -0.151. The van der Waals surface area contributed by atoms with Crippen molar-refractivity contribution < 1.29 is 9.90 Å². The van der Waals surface area contributed by atoms with Crippen molar-refractivity contribution in [3.63, 3.8) is 0 Å². The van der Waals surface area contributed by atoms with Crippen LogP contribution in [0, 0.1) is 5.41 Å². The van der Waals surface area contributed by atoms with E-state index in [0.717, 1.165) is 18.7 Å². The maximum absolute atomic E-state index is 11.3. The Labute approximate surface area is 122 Å². The zero-order valence-electron chi connectivity index (χ0n) is 10.7. The van der Waals surface area contributed by atoms with Crippen molar-refractivity contribution in [2.75, 3.05) is 13.1 Å². The molecular weight excluding hydrogens is 287 g/mol. The topological polar surface area (TPSA) is 53.4 Å². The highest BCUT2D eigenvalue weighted by molar-refractivity contribution is 6.34. The average Bonchev–Trinajstić information content (AvgIpc) is 2.33. The SMILES string of the molecule is CC1(C(=O)O)CCCN(Cc2ncc(Cl)cc2Cl)C1. The second-order valence-corrected chi connectivity index (χ2v) is 6.11. The van der Waals surface area contributed by atoms with Gasteiger partial charge in [-0.05, 0) is 32.4 Å². The lowest BCUT2D eigenvalue weighted by Crippen LogP contribution is -2.45. The number of nitrogens with zero attached hydrogens (tertiary/aromatic N) is 2. The molecule has 0 aliphatic carbocycles. The van der Waals surface area contributed by atoms with Gasteiger partial charge in [-0.1, -0.05) is 23.2 Å². The third-order valence-electron chi connectivity index (χ3n) is 3.55. The largest absolute Gasteiger partial charge is 0.481 e. The molecule has 1 aliphatic rings. The summed E-state index contributed by atoms with van der Waals surface area (Å²) in [6.45, 7) is 3.73. The molecule has 19 heavy (non-hydrogen) atoms. The first-order valence-electron chi connectivity index (χ1n) is 6.16. The number of aliphatic carboxylic acids is 1. The second-order valence-electron chi connectivity index (χ2n) is 5.26. The molecule has 1 fully saturated rings. The van der Waals surface area contributed by atoms with Crippen molar-refractivity contribution in [1.82, 2.24) is 9.88 Å². The Morgan fingerprint density at radius 2 is 2.32 bits per heavy atom. The van der Waals surface area contributed by atoms with Gasteiger partial charge < -0.3 is 5.11 Å². The molecule has 0 aromatic carbocycles. The standard InChI is InChI=1S/C13H16Cl2N2O2/c1-13(12(18)19)3-2-4-17(8-13)7-11-10(15)5-9(14)6-16-11/h5-6H,2-4,7-8H2,1H3,(H,18,19). The van der Waals surface area contributed by atoms with Gasteiger partial charge in [-0.2, -0.15) is 0 Å². The molecule has 104 valence electrons. The van der Waals surface area contributed by atoms with Crippen LogP contribution in [0.4, 0.5) is 0 Å². The molecule has 1 unspecified atom stereocenters. The van der Waals surface area contributed by atoms with Gasteiger partial charge in [0.05, 0.1) is 21.2 Å². The van der Waals surface area contributed by atoms with Gasteiger partial charge in [0.15, 0.2) is 0 Å². The van der Waals surface area contributed by atoms with Gasteiger partial charge in [0, 0.05) is 19.3 Å². The molecular formula is C13H16Cl2N2O2. The highest BCUT2D eigenvalue weighted by atomic mass is 35.5. The van der Waals surface area contributed by atoms with Crippen LogP contribution in [0.2, 0.25) is 10.0 Å². The molecule has 4 nitrogen and oxygen atoms in total. The Morgan fingerprint density at radius 3 is 2.95 bits per heavy atom. The molecule has 1 saturated heterocycles. The summed E-state index contributed by atoms with van der Waals surface area (Å²) < 4.78 is 0. The number of carbonyl (C=O) groups is 1. The third kappa shape index (κ3) is 3.38. The van der Waals surface area contributed by atoms with E-state index in [1.165, 1.54) is 0 Å². The molecule has 1 aliphatic heterocycles. The number of rotatable bonds is 3. The summed E-state index contributed by atoms with van der Waals surface area (Å²) in [5.74, 6) is -0.743. The molecule has 0 amide bonds. The summed E-state index contributed by atoms with van der Waals surface area (Å²) in [5.41, 5.74) is 0.0534. The van der Waals surface area contributed by atoms with Gasteiger partial charge in [-0.25, -0.2) is 0 Å². The molecule has 1 N–H and O–H groups in total. The Morgan fingerprint density at radius 1 is 1.58 bits per heavy atom. The van der Waals surface area contributed by atoms with E-state index in [2.05, 4.69) is 9.88 Å². The van der Waals surface area contributed by atoms with Crippen molar-refractivity contribution in [3.8, 4) is 0 Å². The summed E-state index contributed by atoms with van der Waals surface area (Å²) in [6.07, 6.45) is 3.14. The predicted molar refractivity (Wildman–Crippen MR) is 74.5 cm³/mol. The van der Waals surface area contributed by atoms with Crippen LogP contribution in [0.3, 0.4) is 0 Å². The fourth-order valence-electron chi connectivity index (χ4n) is 2.43. The van der Waals surface area contributed by atoms with Crippen molar-refractivity contribution in [2.24, 2.45) is 5.41 Å². The lowest BCUT2D eigenvalue weighted by Gasteiger charge is -2.37. The van der Waals surface area contributed by atoms with E-state index in [4.69, 9.17) is 23.2 Å². The molecule has 0 radical (unpaired) electrons. The maximum atomic E-state index is 11.3. The van der Waals surface area contributed by atoms with Gasteiger partial charge in [0.1, 0.15) is 0 Å². The van der Waals surface area contributed by atoms with Crippen LogP contribution in [0.25, 0.3) is 0 Å². The lowest BCUT2D eigenvalue weighted by atomic mass is 9.82. The van der Waals surface area contributed by atoms with E-state index >= 15 is 0 Å². The number of hydrogen-bond acceptors (Lipinski definition) is 3.